The van der Waals surface area contributed by atoms with E-state index in [0.29, 0.717) is 24.5 Å². The number of ether oxygens (including phenoxy) is 3. The summed E-state index contributed by atoms with van der Waals surface area (Å²) < 4.78 is 16.5. The van der Waals surface area contributed by atoms with Crippen molar-refractivity contribution in [1.29, 1.82) is 0 Å². The molecule has 2 aliphatic heterocycles. The van der Waals surface area contributed by atoms with Crippen molar-refractivity contribution in [3.8, 4) is 17.2 Å². The Kier molecular flexibility index (Phi) is 4.22. The van der Waals surface area contributed by atoms with Crippen LogP contribution >= 0.6 is 0 Å². The Morgan fingerprint density at radius 1 is 1.12 bits per heavy atom. The lowest BCUT2D eigenvalue weighted by Crippen LogP contribution is -2.30. The molecule has 4 rings (SSSR count). The molecule has 0 radical (unpaired) electrons. The third kappa shape index (κ3) is 3.02. The number of fused-ring (bicyclic) bond motifs is 1. The van der Waals surface area contributed by atoms with E-state index in [1.54, 1.807) is 13.2 Å². The van der Waals surface area contributed by atoms with Crippen LogP contribution in [0.5, 0.6) is 17.2 Å². The van der Waals surface area contributed by atoms with Gasteiger partial charge in [-0.25, -0.2) is 0 Å². The van der Waals surface area contributed by atoms with E-state index in [1.165, 1.54) is 0 Å². The van der Waals surface area contributed by atoms with Crippen LogP contribution in [0.1, 0.15) is 34.8 Å². The number of benzene rings is 2. The number of carbonyl (C=O) groups is 1. The van der Waals surface area contributed by atoms with E-state index in [2.05, 4.69) is 0 Å². The molecule has 1 amide bonds. The minimum Gasteiger partial charge on any atom is -0.497 e. The smallest absolute Gasteiger partial charge is 0.254 e. The van der Waals surface area contributed by atoms with E-state index >= 15 is 0 Å². The molecule has 0 spiro atoms. The van der Waals surface area contributed by atoms with Crippen molar-refractivity contribution in [2.24, 2.45) is 0 Å². The Morgan fingerprint density at radius 2 is 1.96 bits per heavy atom. The first-order chi connectivity index (χ1) is 12.3. The number of rotatable bonds is 3. The van der Waals surface area contributed by atoms with Crippen LogP contribution in [0.3, 0.4) is 0 Å². The highest BCUT2D eigenvalue weighted by molar-refractivity contribution is 5.95. The molecule has 1 atom stereocenters. The highest BCUT2D eigenvalue weighted by Crippen LogP contribution is 2.38. The standard InChI is InChI=1S/C20H21NO4/c1-23-16-5-2-4-15(12-16)20(22)21-9-3-6-17(21)14-7-8-18-19(13-14)25-11-10-24-18/h2,4-5,7-8,12-13,17H,3,6,9-11H2,1H3/t17-/m1/s1. The molecule has 2 aromatic rings. The molecule has 2 aliphatic rings. The third-order valence-corrected chi connectivity index (χ3v) is 4.78. The molecule has 5 heteroatoms. The van der Waals surface area contributed by atoms with Gasteiger partial charge in [0.15, 0.2) is 11.5 Å². The summed E-state index contributed by atoms with van der Waals surface area (Å²) in [5, 5.41) is 0. The summed E-state index contributed by atoms with van der Waals surface area (Å²) in [5.74, 6) is 2.28. The largest absolute Gasteiger partial charge is 0.497 e. The zero-order valence-electron chi connectivity index (χ0n) is 14.2. The second-order valence-corrected chi connectivity index (χ2v) is 6.29. The minimum absolute atomic E-state index is 0.0382. The van der Waals surface area contributed by atoms with Gasteiger partial charge in [-0.2, -0.15) is 0 Å². The lowest BCUT2D eigenvalue weighted by molar-refractivity contribution is 0.0734. The normalized spacial score (nSPS) is 18.9. The summed E-state index contributed by atoms with van der Waals surface area (Å²) in [6.45, 7) is 1.90. The molecule has 1 fully saturated rings. The van der Waals surface area contributed by atoms with Gasteiger partial charge in [-0.15, -0.1) is 0 Å². The number of likely N-dealkylation sites (tertiary alicyclic amines) is 1. The van der Waals surface area contributed by atoms with E-state index in [9.17, 15) is 4.79 Å². The monoisotopic (exact) mass is 339 g/mol. The van der Waals surface area contributed by atoms with Crippen molar-refractivity contribution in [1.82, 2.24) is 4.90 Å². The van der Waals surface area contributed by atoms with Crippen LogP contribution < -0.4 is 14.2 Å². The van der Waals surface area contributed by atoms with Gasteiger partial charge in [-0.3, -0.25) is 4.79 Å². The quantitative estimate of drug-likeness (QED) is 0.859. The first-order valence-corrected chi connectivity index (χ1v) is 8.61. The Morgan fingerprint density at radius 3 is 2.80 bits per heavy atom. The molecule has 5 nitrogen and oxygen atoms in total. The van der Waals surface area contributed by atoms with Gasteiger partial charge < -0.3 is 19.1 Å². The summed E-state index contributed by atoms with van der Waals surface area (Å²) in [6.07, 6.45) is 1.95. The Labute approximate surface area is 147 Å². The minimum atomic E-state index is 0.0382. The maximum atomic E-state index is 13.0. The first-order valence-electron chi connectivity index (χ1n) is 8.61. The summed E-state index contributed by atoms with van der Waals surface area (Å²) in [7, 11) is 1.61. The highest BCUT2D eigenvalue weighted by Gasteiger charge is 2.31. The van der Waals surface area contributed by atoms with Crippen LogP contribution in [0.25, 0.3) is 0 Å². The van der Waals surface area contributed by atoms with Gasteiger partial charge in [0.25, 0.3) is 5.91 Å². The molecule has 1 saturated heterocycles. The Hall–Kier alpha value is -2.69. The van der Waals surface area contributed by atoms with Gasteiger partial charge in [0.1, 0.15) is 19.0 Å². The first kappa shape index (κ1) is 15.8. The SMILES string of the molecule is COc1cccc(C(=O)N2CCC[C@@H]2c2ccc3c(c2)OCCO3)c1. The van der Waals surface area contributed by atoms with Crippen molar-refractivity contribution in [3.63, 3.8) is 0 Å². The van der Waals surface area contributed by atoms with Crippen molar-refractivity contribution < 1.29 is 19.0 Å². The summed E-state index contributed by atoms with van der Waals surface area (Å²) in [6, 6.07) is 13.4. The maximum absolute atomic E-state index is 13.0. The van der Waals surface area contributed by atoms with E-state index < -0.39 is 0 Å². The van der Waals surface area contributed by atoms with E-state index in [0.717, 1.165) is 36.4 Å². The lowest BCUT2D eigenvalue weighted by Gasteiger charge is -2.27. The molecular weight excluding hydrogens is 318 g/mol. The topological polar surface area (TPSA) is 48.0 Å². The second-order valence-electron chi connectivity index (χ2n) is 6.29. The molecule has 0 aromatic heterocycles. The predicted octanol–water partition coefficient (Wildman–Crippen LogP) is 3.44. The molecule has 0 aliphatic carbocycles. The molecule has 2 heterocycles. The van der Waals surface area contributed by atoms with Gasteiger partial charge in [0.2, 0.25) is 0 Å². The lowest BCUT2D eigenvalue weighted by atomic mass is 10.0. The number of hydrogen-bond donors (Lipinski definition) is 0. The van der Waals surface area contributed by atoms with E-state index in [4.69, 9.17) is 14.2 Å². The fraction of sp³-hybridized carbons (Fsp3) is 0.350. The maximum Gasteiger partial charge on any atom is 0.254 e. The van der Waals surface area contributed by atoms with Gasteiger partial charge in [-0.05, 0) is 48.7 Å². The van der Waals surface area contributed by atoms with E-state index in [1.807, 2.05) is 41.3 Å². The van der Waals surface area contributed by atoms with Gasteiger partial charge >= 0.3 is 0 Å². The van der Waals surface area contributed by atoms with Crippen LogP contribution in [0.2, 0.25) is 0 Å². The molecule has 0 unspecified atom stereocenters. The van der Waals surface area contributed by atoms with Crippen LogP contribution in [0.4, 0.5) is 0 Å². The summed E-state index contributed by atoms with van der Waals surface area (Å²) >= 11 is 0. The number of methoxy groups -OCH3 is 1. The van der Waals surface area contributed by atoms with Crippen molar-refractivity contribution in [2.45, 2.75) is 18.9 Å². The van der Waals surface area contributed by atoms with Crippen LogP contribution in [0, 0.1) is 0 Å². The van der Waals surface area contributed by atoms with Gasteiger partial charge in [-0.1, -0.05) is 12.1 Å². The number of amides is 1. The number of carbonyl (C=O) groups excluding carboxylic acids is 1. The van der Waals surface area contributed by atoms with Crippen LogP contribution in [-0.4, -0.2) is 37.7 Å². The second kappa shape index (κ2) is 6.67. The van der Waals surface area contributed by atoms with Crippen LogP contribution in [0.15, 0.2) is 42.5 Å². The predicted molar refractivity (Wildman–Crippen MR) is 93.4 cm³/mol. The van der Waals surface area contributed by atoms with Crippen molar-refractivity contribution >= 4 is 5.91 Å². The molecule has 0 N–H and O–H groups in total. The summed E-state index contributed by atoms with van der Waals surface area (Å²) in [4.78, 5) is 14.9. The molecule has 130 valence electrons. The average Bonchev–Trinajstić information content (AvgIpc) is 3.17. The summed E-state index contributed by atoms with van der Waals surface area (Å²) in [5.41, 5.74) is 1.75. The fourth-order valence-electron chi connectivity index (χ4n) is 3.55. The van der Waals surface area contributed by atoms with Gasteiger partial charge in [0.05, 0.1) is 13.2 Å². The van der Waals surface area contributed by atoms with Crippen LogP contribution in [-0.2, 0) is 0 Å². The fourth-order valence-corrected chi connectivity index (χ4v) is 3.55. The van der Waals surface area contributed by atoms with E-state index in [-0.39, 0.29) is 11.9 Å². The van der Waals surface area contributed by atoms with Gasteiger partial charge in [0, 0.05) is 12.1 Å². The average molecular weight is 339 g/mol. The number of hydrogen-bond acceptors (Lipinski definition) is 4. The zero-order valence-corrected chi connectivity index (χ0v) is 14.2. The Balaban J connectivity index is 1.60. The number of nitrogens with zero attached hydrogens (tertiary/aromatic N) is 1. The highest BCUT2D eigenvalue weighted by atomic mass is 16.6. The molecular formula is C20H21NO4. The molecule has 2 aromatic carbocycles. The molecule has 0 bridgehead atoms. The van der Waals surface area contributed by atoms with Crippen molar-refractivity contribution in [3.05, 3.63) is 53.6 Å². The van der Waals surface area contributed by atoms with Crippen molar-refractivity contribution in [2.75, 3.05) is 26.9 Å². The molecule has 25 heavy (non-hydrogen) atoms. The zero-order chi connectivity index (χ0) is 17.2. The third-order valence-electron chi connectivity index (χ3n) is 4.78. The molecule has 0 saturated carbocycles. The Bertz CT molecular complexity index is 789.